The average Bonchev–Trinajstić information content (AvgIpc) is 3.18. The Balaban J connectivity index is 1.45. The van der Waals surface area contributed by atoms with Crippen molar-refractivity contribution in [2.45, 2.75) is 6.92 Å². The molecule has 2 N–H and O–H groups in total. The van der Waals surface area contributed by atoms with Crippen molar-refractivity contribution < 1.29 is 18.7 Å². The lowest BCUT2D eigenvalue weighted by Gasteiger charge is -2.11. The van der Waals surface area contributed by atoms with Gasteiger partial charge in [-0.05, 0) is 42.8 Å². The number of halogens is 1. The van der Waals surface area contributed by atoms with Crippen LogP contribution in [0.3, 0.4) is 0 Å². The SMILES string of the molecule is Cc1cccc2sc(NC(=O)c3ccccc3OCC(=O)Nc3ccccc3F)nc12. The van der Waals surface area contributed by atoms with E-state index >= 15 is 0 Å². The van der Waals surface area contributed by atoms with E-state index in [0.29, 0.717) is 5.13 Å². The van der Waals surface area contributed by atoms with Gasteiger partial charge in [0.05, 0.1) is 21.5 Å². The summed E-state index contributed by atoms with van der Waals surface area (Å²) in [4.78, 5) is 29.4. The van der Waals surface area contributed by atoms with Gasteiger partial charge in [0.2, 0.25) is 0 Å². The van der Waals surface area contributed by atoms with Crippen LogP contribution < -0.4 is 15.4 Å². The molecule has 0 aliphatic rings. The molecule has 4 rings (SSSR count). The highest BCUT2D eigenvalue weighted by molar-refractivity contribution is 7.22. The molecule has 6 nitrogen and oxygen atoms in total. The van der Waals surface area contributed by atoms with Crippen molar-refractivity contribution in [1.82, 2.24) is 4.98 Å². The first-order valence-corrected chi connectivity index (χ1v) is 10.3. The Hall–Kier alpha value is -3.78. The van der Waals surface area contributed by atoms with Crippen molar-refractivity contribution in [2.24, 2.45) is 0 Å². The first-order valence-electron chi connectivity index (χ1n) is 9.45. The Bertz CT molecular complexity index is 1270. The lowest BCUT2D eigenvalue weighted by molar-refractivity contribution is -0.118. The summed E-state index contributed by atoms with van der Waals surface area (Å²) in [6.45, 7) is 1.59. The molecule has 156 valence electrons. The van der Waals surface area contributed by atoms with Crippen molar-refractivity contribution in [3.05, 3.63) is 83.7 Å². The molecule has 0 saturated carbocycles. The Morgan fingerprint density at radius 3 is 2.58 bits per heavy atom. The van der Waals surface area contributed by atoms with Crippen molar-refractivity contribution in [3.63, 3.8) is 0 Å². The second-order valence-corrected chi connectivity index (χ2v) is 7.74. The molecule has 0 aliphatic heterocycles. The maximum Gasteiger partial charge on any atom is 0.262 e. The molecule has 0 spiro atoms. The molecule has 4 aromatic rings. The van der Waals surface area contributed by atoms with E-state index in [2.05, 4.69) is 15.6 Å². The summed E-state index contributed by atoms with van der Waals surface area (Å²) in [5.74, 6) is -1.24. The number of thiazole rings is 1. The lowest BCUT2D eigenvalue weighted by atomic mass is 10.2. The molecule has 0 aliphatic carbocycles. The molecule has 0 unspecified atom stereocenters. The van der Waals surface area contributed by atoms with Gasteiger partial charge in [-0.2, -0.15) is 0 Å². The van der Waals surface area contributed by atoms with Crippen LogP contribution in [0.5, 0.6) is 5.75 Å². The molecule has 0 radical (unpaired) electrons. The van der Waals surface area contributed by atoms with Gasteiger partial charge < -0.3 is 10.1 Å². The van der Waals surface area contributed by atoms with Crippen LogP contribution in [0.1, 0.15) is 15.9 Å². The highest BCUT2D eigenvalue weighted by Crippen LogP contribution is 2.29. The quantitative estimate of drug-likeness (QED) is 0.446. The van der Waals surface area contributed by atoms with E-state index in [9.17, 15) is 14.0 Å². The number of hydrogen-bond acceptors (Lipinski definition) is 5. The number of rotatable bonds is 6. The minimum atomic E-state index is -0.540. The van der Waals surface area contributed by atoms with E-state index < -0.39 is 17.6 Å². The predicted molar refractivity (Wildman–Crippen MR) is 119 cm³/mol. The zero-order valence-electron chi connectivity index (χ0n) is 16.5. The molecule has 3 aromatic carbocycles. The standard InChI is InChI=1S/C23H18FN3O3S/c1-14-7-6-12-19-21(14)26-23(31-19)27-22(29)15-8-2-5-11-18(15)30-13-20(28)25-17-10-4-3-9-16(17)24/h2-12H,13H2,1H3,(H,25,28)(H,26,27,29). The highest BCUT2D eigenvalue weighted by atomic mass is 32.1. The zero-order valence-corrected chi connectivity index (χ0v) is 17.3. The smallest absolute Gasteiger partial charge is 0.262 e. The number of aryl methyl sites for hydroxylation is 1. The van der Waals surface area contributed by atoms with Gasteiger partial charge in [-0.3, -0.25) is 14.9 Å². The topological polar surface area (TPSA) is 80.3 Å². The van der Waals surface area contributed by atoms with Crippen LogP contribution in [-0.2, 0) is 4.79 Å². The van der Waals surface area contributed by atoms with Gasteiger partial charge in [-0.15, -0.1) is 0 Å². The number of nitrogens with zero attached hydrogens (tertiary/aromatic N) is 1. The maximum atomic E-state index is 13.7. The van der Waals surface area contributed by atoms with Crippen molar-refractivity contribution in [1.29, 1.82) is 0 Å². The van der Waals surface area contributed by atoms with Gasteiger partial charge in [-0.25, -0.2) is 9.37 Å². The molecule has 0 saturated heterocycles. The van der Waals surface area contributed by atoms with E-state index in [0.717, 1.165) is 15.8 Å². The number of benzene rings is 3. The van der Waals surface area contributed by atoms with Crippen molar-refractivity contribution in [3.8, 4) is 5.75 Å². The first-order chi connectivity index (χ1) is 15.0. The molecule has 0 atom stereocenters. The van der Waals surface area contributed by atoms with Crippen LogP contribution in [0.25, 0.3) is 10.2 Å². The van der Waals surface area contributed by atoms with Gasteiger partial charge in [-0.1, -0.05) is 47.7 Å². The molecule has 31 heavy (non-hydrogen) atoms. The van der Waals surface area contributed by atoms with Gasteiger partial charge in [0.15, 0.2) is 11.7 Å². The number of aromatic nitrogens is 1. The summed E-state index contributed by atoms with van der Waals surface area (Å²) < 4.78 is 20.2. The summed E-state index contributed by atoms with van der Waals surface area (Å²) in [6.07, 6.45) is 0. The van der Waals surface area contributed by atoms with Crippen molar-refractivity contribution in [2.75, 3.05) is 17.2 Å². The number of nitrogens with one attached hydrogen (secondary N) is 2. The summed E-state index contributed by atoms with van der Waals surface area (Å²) in [6, 6.07) is 18.3. The van der Waals surface area contributed by atoms with Crippen LogP contribution in [0.4, 0.5) is 15.2 Å². The van der Waals surface area contributed by atoms with E-state index in [1.165, 1.54) is 29.5 Å². The number of ether oxygens (including phenoxy) is 1. The number of amides is 2. The average molecular weight is 435 g/mol. The molecule has 0 fully saturated rings. The number of hydrogen-bond donors (Lipinski definition) is 2. The molecular weight excluding hydrogens is 417 g/mol. The fourth-order valence-corrected chi connectivity index (χ4v) is 3.92. The first kappa shape index (κ1) is 20.5. The van der Waals surface area contributed by atoms with Gasteiger partial charge in [0.1, 0.15) is 11.6 Å². The second-order valence-electron chi connectivity index (χ2n) is 6.71. The minimum absolute atomic E-state index is 0.0632. The number of carbonyl (C=O) groups is 2. The summed E-state index contributed by atoms with van der Waals surface area (Å²) in [5.41, 5.74) is 2.20. The molecular formula is C23H18FN3O3S. The predicted octanol–water partition coefficient (Wildman–Crippen LogP) is 5.01. The lowest BCUT2D eigenvalue weighted by Crippen LogP contribution is -2.22. The number of para-hydroxylation sites is 3. The Morgan fingerprint density at radius 2 is 1.77 bits per heavy atom. The highest BCUT2D eigenvalue weighted by Gasteiger charge is 2.16. The Labute approximate surface area is 181 Å². The third kappa shape index (κ3) is 4.70. The third-order valence-corrected chi connectivity index (χ3v) is 5.42. The van der Waals surface area contributed by atoms with E-state index in [1.807, 2.05) is 25.1 Å². The summed E-state index contributed by atoms with van der Waals surface area (Å²) in [5, 5.41) is 5.70. The van der Waals surface area contributed by atoms with Gasteiger partial charge in [0, 0.05) is 0 Å². The molecule has 1 aromatic heterocycles. The second kappa shape index (κ2) is 8.93. The van der Waals surface area contributed by atoms with Crippen LogP contribution in [0.2, 0.25) is 0 Å². The van der Waals surface area contributed by atoms with Crippen LogP contribution in [0, 0.1) is 12.7 Å². The Kier molecular flexibility index (Phi) is 5.90. The molecule has 2 amide bonds. The maximum absolute atomic E-state index is 13.7. The van der Waals surface area contributed by atoms with E-state index in [1.54, 1.807) is 30.3 Å². The van der Waals surface area contributed by atoms with Crippen LogP contribution in [-0.4, -0.2) is 23.4 Å². The van der Waals surface area contributed by atoms with Crippen LogP contribution in [0.15, 0.2) is 66.7 Å². The minimum Gasteiger partial charge on any atom is -0.483 e. The Morgan fingerprint density at radius 1 is 1.00 bits per heavy atom. The van der Waals surface area contributed by atoms with Crippen LogP contribution >= 0.6 is 11.3 Å². The largest absolute Gasteiger partial charge is 0.483 e. The van der Waals surface area contributed by atoms with Gasteiger partial charge >= 0.3 is 0 Å². The van der Waals surface area contributed by atoms with Gasteiger partial charge in [0.25, 0.3) is 11.8 Å². The molecule has 0 bridgehead atoms. The van der Waals surface area contributed by atoms with Crippen molar-refractivity contribution >= 4 is 44.2 Å². The zero-order chi connectivity index (χ0) is 21.8. The number of fused-ring (bicyclic) bond motifs is 1. The molecule has 8 heteroatoms. The normalized spacial score (nSPS) is 10.6. The fourth-order valence-electron chi connectivity index (χ4n) is 2.98. The van der Waals surface area contributed by atoms with E-state index in [4.69, 9.17) is 4.74 Å². The van der Waals surface area contributed by atoms with E-state index in [-0.39, 0.29) is 23.6 Å². The third-order valence-electron chi connectivity index (χ3n) is 4.48. The number of carbonyl (C=O) groups excluding carboxylic acids is 2. The monoisotopic (exact) mass is 435 g/mol. The summed E-state index contributed by atoms with van der Waals surface area (Å²) in [7, 11) is 0. The summed E-state index contributed by atoms with van der Waals surface area (Å²) >= 11 is 1.38. The molecule has 1 heterocycles. The number of anilines is 2. The fraction of sp³-hybridized carbons (Fsp3) is 0.0870.